The molecule has 80 valence electrons. The van der Waals surface area contributed by atoms with Crippen molar-refractivity contribution in [3.63, 3.8) is 0 Å². The van der Waals surface area contributed by atoms with Gasteiger partial charge in [0.05, 0.1) is 13.2 Å². The van der Waals surface area contributed by atoms with Crippen LogP contribution in [0.25, 0.3) is 0 Å². The summed E-state index contributed by atoms with van der Waals surface area (Å²) in [5.41, 5.74) is 5.51. The van der Waals surface area contributed by atoms with Gasteiger partial charge in [0.15, 0.2) is 5.13 Å². The van der Waals surface area contributed by atoms with Crippen molar-refractivity contribution in [3.8, 4) is 0 Å². The first-order valence-corrected chi connectivity index (χ1v) is 5.41. The maximum Gasteiger partial charge on any atom is 0.180 e. The zero-order valence-corrected chi connectivity index (χ0v) is 9.18. The second-order valence-corrected chi connectivity index (χ2v) is 4.02. The predicted molar refractivity (Wildman–Crippen MR) is 57.5 cm³/mol. The van der Waals surface area contributed by atoms with Gasteiger partial charge in [0.25, 0.3) is 0 Å². The Hall–Kier alpha value is -0.650. The number of hydrogen-bond donors (Lipinski definition) is 1. The number of aryl methyl sites for hydroxylation is 1. The van der Waals surface area contributed by atoms with Crippen molar-refractivity contribution in [1.29, 1.82) is 0 Å². The fourth-order valence-electron chi connectivity index (χ4n) is 1.03. The molecule has 0 radical (unpaired) electrons. The number of rotatable bonds is 7. The predicted octanol–water partition coefficient (Wildman–Crippen LogP) is 1.32. The van der Waals surface area contributed by atoms with Crippen molar-refractivity contribution in [2.75, 3.05) is 32.7 Å². The summed E-state index contributed by atoms with van der Waals surface area (Å²) in [4.78, 5) is 5.20. The molecule has 5 heteroatoms. The zero-order valence-electron chi connectivity index (χ0n) is 8.36. The number of ether oxygens (including phenoxy) is 2. The molecule has 0 saturated heterocycles. The van der Waals surface area contributed by atoms with Crippen molar-refractivity contribution in [2.45, 2.75) is 12.8 Å². The second kappa shape index (κ2) is 6.75. The van der Waals surface area contributed by atoms with E-state index in [0.717, 1.165) is 19.4 Å². The van der Waals surface area contributed by atoms with Crippen LogP contribution in [0.1, 0.15) is 11.3 Å². The third-order valence-electron chi connectivity index (χ3n) is 1.72. The van der Waals surface area contributed by atoms with Gasteiger partial charge < -0.3 is 15.2 Å². The summed E-state index contributed by atoms with van der Waals surface area (Å²) in [6.45, 7) is 2.09. The van der Waals surface area contributed by atoms with Crippen LogP contribution in [-0.2, 0) is 15.9 Å². The van der Waals surface area contributed by atoms with Crippen LogP contribution in [0.15, 0.2) is 6.20 Å². The average Bonchev–Trinajstić information content (AvgIpc) is 2.58. The van der Waals surface area contributed by atoms with E-state index in [2.05, 4.69) is 4.98 Å². The summed E-state index contributed by atoms with van der Waals surface area (Å²) >= 11 is 1.54. The van der Waals surface area contributed by atoms with E-state index < -0.39 is 0 Å². The first-order valence-electron chi connectivity index (χ1n) is 4.60. The quantitative estimate of drug-likeness (QED) is 0.698. The van der Waals surface area contributed by atoms with Gasteiger partial charge in [0.1, 0.15) is 0 Å². The van der Waals surface area contributed by atoms with E-state index in [4.69, 9.17) is 15.2 Å². The summed E-state index contributed by atoms with van der Waals surface area (Å²) in [6, 6.07) is 0. The van der Waals surface area contributed by atoms with Gasteiger partial charge in [0, 0.05) is 24.8 Å². The third kappa shape index (κ3) is 4.55. The standard InChI is InChI=1S/C9H16N2O2S/c1-12-5-6-13-4-2-3-8-7-11-9(10)14-8/h7H,2-6H2,1H3,(H2,10,11). The number of anilines is 1. The number of methoxy groups -OCH3 is 1. The summed E-state index contributed by atoms with van der Waals surface area (Å²) in [7, 11) is 1.67. The lowest BCUT2D eigenvalue weighted by atomic mass is 10.3. The van der Waals surface area contributed by atoms with Crippen LogP contribution in [0.2, 0.25) is 0 Å². The lowest BCUT2D eigenvalue weighted by Crippen LogP contribution is -2.03. The Kier molecular flexibility index (Phi) is 5.51. The SMILES string of the molecule is COCCOCCCc1cnc(N)s1. The molecule has 0 bridgehead atoms. The van der Waals surface area contributed by atoms with E-state index in [1.165, 1.54) is 4.88 Å². The van der Waals surface area contributed by atoms with Crippen LogP contribution < -0.4 is 5.73 Å². The van der Waals surface area contributed by atoms with Gasteiger partial charge in [-0.15, -0.1) is 11.3 Å². The van der Waals surface area contributed by atoms with E-state index in [0.29, 0.717) is 18.3 Å². The second-order valence-electron chi connectivity index (χ2n) is 2.87. The van der Waals surface area contributed by atoms with E-state index in [9.17, 15) is 0 Å². The van der Waals surface area contributed by atoms with Crippen molar-refractivity contribution in [1.82, 2.24) is 4.98 Å². The normalized spacial score (nSPS) is 10.6. The minimum atomic E-state index is 0.639. The molecule has 0 atom stereocenters. The highest BCUT2D eigenvalue weighted by Crippen LogP contribution is 2.15. The lowest BCUT2D eigenvalue weighted by molar-refractivity contribution is 0.0696. The average molecular weight is 216 g/mol. The Morgan fingerprint density at radius 3 is 2.93 bits per heavy atom. The van der Waals surface area contributed by atoms with Crippen LogP contribution in [0.5, 0.6) is 0 Å². The Labute approximate surface area is 88.0 Å². The molecule has 0 aliphatic rings. The fraction of sp³-hybridized carbons (Fsp3) is 0.667. The molecule has 0 amide bonds. The third-order valence-corrected chi connectivity index (χ3v) is 2.60. The van der Waals surface area contributed by atoms with Gasteiger partial charge in [-0.2, -0.15) is 0 Å². The van der Waals surface area contributed by atoms with Crippen molar-refractivity contribution in [2.24, 2.45) is 0 Å². The van der Waals surface area contributed by atoms with Crippen LogP contribution in [0.4, 0.5) is 5.13 Å². The van der Waals surface area contributed by atoms with Crippen molar-refractivity contribution in [3.05, 3.63) is 11.1 Å². The molecule has 0 aliphatic heterocycles. The molecule has 2 N–H and O–H groups in total. The van der Waals surface area contributed by atoms with Crippen LogP contribution in [-0.4, -0.2) is 31.9 Å². The molecule has 1 aromatic rings. The fourth-order valence-corrected chi connectivity index (χ4v) is 1.76. The molecule has 0 saturated carbocycles. The van der Waals surface area contributed by atoms with E-state index in [1.54, 1.807) is 18.4 Å². The first kappa shape index (κ1) is 11.4. The molecule has 14 heavy (non-hydrogen) atoms. The Bertz CT molecular complexity index is 253. The zero-order chi connectivity index (χ0) is 10.2. The molecule has 0 spiro atoms. The summed E-state index contributed by atoms with van der Waals surface area (Å²) < 4.78 is 10.2. The van der Waals surface area contributed by atoms with Gasteiger partial charge >= 0.3 is 0 Å². The number of nitrogen functional groups attached to an aromatic ring is 1. The van der Waals surface area contributed by atoms with Gasteiger partial charge in [-0.05, 0) is 12.8 Å². The largest absolute Gasteiger partial charge is 0.382 e. The molecule has 1 aromatic heterocycles. The van der Waals surface area contributed by atoms with E-state index >= 15 is 0 Å². The highest BCUT2D eigenvalue weighted by molar-refractivity contribution is 7.15. The first-order chi connectivity index (χ1) is 6.83. The molecule has 0 aromatic carbocycles. The van der Waals surface area contributed by atoms with Crippen LogP contribution >= 0.6 is 11.3 Å². The Morgan fingerprint density at radius 2 is 2.29 bits per heavy atom. The molecule has 1 rings (SSSR count). The lowest BCUT2D eigenvalue weighted by Gasteiger charge is -2.01. The number of aromatic nitrogens is 1. The number of nitrogens with two attached hydrogens (primary N) is 1. The minimum absolute atomic E-state index is 0.639. The maximum atomic E-state index is 5.51. The molecule has 0 fully saturated rings. The van der Waals surface area contributed by atoms with Crippen molar-refractivity contribution < 1.29 is 9.47 Å². The van der Waals surface area contributed by atoms with Gasteiger partial charge in [-0.3, -0.25) is 0 Å². The van der Waals surface area contributed by atoms with E-state index in [1.807, 2.05) is 6.20 Å². The maximum absolute atomic E-state index is 5.51. The Balaban J connectivity index is 1.99. The number of hydrogen-bond acceptors (Lipinski definition) is 5. The Morgan fingerprint density at radius 1 is 1.43 bits per heavy atom. The molecular formula is C9H16N2O2S. The molecule has 0 aliphatic carbocycles. The highest BCUT2D eigenvalue weighted by atomic mass is 32.1. The molecule has 0 unspecified atom stereocenters. The summed E-state index contributed by atoms with van der Waals surface area (Å²) in [5, 5.41) is 0.639. The smallest absolute Gasteiger partial charge is 0.180 e. The topological polar surface area (TPSA) is 57.4 Å². The monoisotopic (exact) mass is 216 g/mol. The summed E-state index contributed by atoms with van der Waals surface area (Å²) in [6.07, 6.45) is 3.82. The van der Waals surface area contributed by atoms with Gasteiger partial charge in [0.2, 0.25) is 0 Å². The van der Waals surface area contributed by atoms with Gasteiger partial charge in [-0.25, -0.2) is 4.98 Å². The molecule has 4 nitrogen and oxygen atoms in total. The molecular weight excluding hydrogens is 200 g/mol. The highest BCUT2D eigenvalue weighted by Gasteiger charge is 1.98. The van der Waals surface area contributed by atoms with Crippen molar-refractivity contribution >= 4 is 16.5 Å². The van der Waals surface area contributed by atoms with Gasteiger partial charge in [-0.1, -0.05) is 0 Å². The van der Waals surface area contributed by atoms with Crippen LogP contribution in [0.3, 0.4) is 0 Å². The molecule has 1 heterocycles. The number of thiazole rings is 1. The van der Waals surface area contributed by atoms with E-state index in [-0.39, 0.29) is 0 Å². The number of nitrogens with zero attached hydrogens (tertiary/aromatic N) is 1. The minimum Gasteiger partial charge on any atom is -0.382 e. The summed E-state index contributed by atoms with van der Waals surface area (Å²) in [5.74, 6) is 0. The van der Waals surface area contributed by atoms with Crippen LogP contribution in [0, 0.1) is 0 Å².